The second-order valence-electron chi connectivity index (χ2n) is 5.35. The molecule has 3 nitrogen and oxygen atoms in total. The Labute approximate surface area is 125 Å². The molecule has 1 amide bonds. The Morgan fingerprint density at radius 1 is 1.50 bits per heavy atom. The van der Waals surface area contributed by atoms with Crippen LogP contribution in [0.1, 0.15) is 24.8 Å². The van der Waals surface area contributed by atoms with Crippen molar-refractivity contribution in [2.45, 2.75) is 25.7 Å². The van der Waals surface area contributed by atoms with Gasteiger partial charge in [-0.15, -0.1) is 11.6 Å². The minimum Gasteiger partial charge on any atom is -0.497 e. The van der Waals surface area contributed by atoms with Crippen LogP contribution in [0.25, 0.3) is 0 Å². The third-order valence-corrected chi connectivity index (χ3v) is 4.10. The standard InChI is InChI=1S/C16H22ClNO2/c1-20-15-6-2-4-14(10-15)11-16(19)18-9-3-5-13(12-18)7-8-17/h2,4,6,10,13H,3,5,7-9,11-12H2,1H3. The van der Waals surface area contributed by atoms with Crippen LogP contribution in [-0.2, 0) is 11.2 Å². The fraction of sp³-hybridized carbons (Fsp3) is 0.562. The second-order valence-corrected chi connectivity index (χ2v) is 5.73. The van der Waals surface area contributed by atoms with Crippen LogP contribution in [0.2, 0.25) is 0 Å². The first kappa shape index (κ1) is 15.2. The van der Waals surface area contributed by atoms with Crippen LogP contribution >= 0.6 is 11.6 Å². The zero-order valence-electron chi connectivity index (χ0n) is 12.0. The number of methoxy groups -OCH3 is 1. The second kappa shape index (κ2) is 7.53. The average molecular weight is 296 g/mol. The smallest absolute Gasteiger partial charge is 0.227 e. The molecule has 0 aliphatic carbocycles. The van der Waals surface area contributed by atoms with Crippen molar-refractivity contribution in [3.05, 3.63) is 29.8 Å². The molecule has 0 aromatic heterocycles. The van der Waals surface area contributed by atoms with Crippen molar-refractivity contribution in [1.82, 2.24) is 4.90 Å². The lowest BCUT2D eigenvalue weighted by Gasteiger charge is -2.32. The quantitative estimate of drug-likeness (QED) is 0.781. The number of hydrogen-bond acceptors (Lipinski definition) is 2. The number of alkyl halides is 1. The number of hydrogen-bond donors (Lipinski definition) is 0. The summed E-state index contributed by atoms with van der Waals surface area (Å²) in [5.74, 6) is 2.25. The van der Waals surface area contributed by atoms with E-state index in [-0.39, 0.29) is 5.91 Å². The molecule has 1 unspecified atom stereocenters. The Morgan fingerprint density at radius 3 is 3.10 bits per heavy atom. The van der Waals surface area contributed by atoms with Crippen molar-refractivity contribution in [2.75, 3.05) is 26.1 Å². The average Bonchev–Trinajstić information content (AvgIpc) is 2.48. The number of amides is 1. The molecule has 2 rings (SSSR count). The number of nitrogens with zero attached hydrogens (tertiary/aromatic N) is 1. The number of carbonyl (C=O) groups excluding carboxylic acids is 1. The first-order valence-corrected chi connectivity index (χ1v) is 7.73. The Balaban J connectivity index is 1.93. The van der Waals surface area contributed by atoms with Gasteiger partial charge in [0.1, 0.15) is 5.75 Å². The molecule has 1 fully saturated rings. The molecule has 0 N–H and O–H groups in total. The third-order valence-electron chi connectivity index (χ3n) is 3.88. The maximum atomic E-state index is 12.4. The number of benzene rings is 1. The summed E-state index contributed by atoms with van der Waals surface area (Å²) in [6.45, 7) is 1.73. The monoisotopic (exact) mass is 295 g/mol. The van der Waals surface area contributed by atoms with E-state index < -0.39 is 0 Å². The van der Waals surface area contributed by atoms with E-state index >= 15 is 0 Å². The molecule has 20 heavy (non-hydrogen) atoms. The highest BCUT2D eigenvalue weighted by Crippen LogP contribution is 2.21. The molecule has 1 atom stereocenters. The molecule has 0 spiro atoms. The lowest BCUT2D eigenvalue weighted by atomic mass is 9.95. The summed E-state index contributed by atoms with van der Waals surface area (Å²) in [6, 6.07) is 7.72. The van der Waals surface area contributed by atoms with Gasteiger partial charge in [-0.05, 0) is 42.9 Å². The normalized spacial score (nSPS) is 18.9. The highest BCUT2D eigenvalue weighted by Gasteiger charge is 2.23. The Morgan fingerprint density at radius 2 is 2.35 bits per heavy atom. The largest absolute Gasteiger partial charge is 0.497 e. The zero-order chi connectivity index (χ0) is 14.4. The Kier molecular flexibility index (Phi) is 5.72. The molecule has 0 radical (unpaired) electrons. The van der Waals surface area contributed by atoms with Crippen molar-refractivity contribution in [3.8, 4) is 5.75 Å². The summed E-state index contributed by atoms with van der Waals surface area (Å²) >= 11 is 5.81. The highest BCUT2D eigenvalue weighted by molar-refractivity contribution is 6.17. The number of likely N-dealkylation sites (tertiary alicyclic amines) is 1. The van der Waals surface area contributed by atoms with Gasteiger partial charge >= 0.3 is 0 Å². The summed E-state index contributed by atoms with van der Waals surface area (Å²) in [4.78, 5) is 14.4. The van der Waals surface area contributed by atoms with Crippen LogP contribution in [0.15, 0.2) is 24.3 Å². The maximum absolute atomic E-state index is 12.4. The van der Waals surface area contributed by atoms with E-state index in [1.165, 1.54) is 6.42 Å². The Hall–Kier alpha value is -1.22. The Bertz CT molecular complexity index is 448. The molecule has 0 saturated carbocycles. The van der Waals surface area contributed by atoms with Crippen molar-refractivity contribution in [3.63, 3.8) is 0 Å². The molecule has 4 heteroatoms. The molecule has 1 aromatic carbocycles. The number of rotatable bonds is 5. The van der Waals surface area contributed by atoms with Crippen molar-refractivity contribution in [2.24, 2.45) is 5.92 Å². The van der Waals surface area contributed by atoms with Gasteiger partial charge in [-0.1, -0.05) is 12.1 Å². The number of carbonyl (C=O) groups is 1. The van der Waals surface area contributed by atoms with Crippen molar-refractivity contribution >= 4 is 17.5 Å². The highest BCUT2D eigenvalue weighted by atomic mass is 35.5. The van der Waals surface area contributed by atoms with Crippen LogP contribution < -0.4 is 4.74 Å². The first-order valence-electron chi connectivity index (χ1n) is 7.19. The summed E-state index contributed by atoms with van der Waals surface area (Å²) in [5, 5.41) is 0. The van der Waals surface area contributed by atoms with Gasteiger partial charge < -0.3 is 9.64 Å². The predicted octanol–water partition coefficient (Wildman–Crippen LogP) is 3.11. The summed E-state index contributed by atoms with van der Waals surface area (Å²) < 4.78 is 5.19. The van der Waals surface area contributed by atoms with Gasteiger partial charge in [0.2, 0.25) is 5.91 Å². The summed E-state index contributed by atoms with van der Waals surface area (Å²) in [6.07, 6.45) is 3.73. The van der Waals surface area contributed by atoms with Crippen LogP contribution in [-0.4, -0.2) is 36.9 Å². The molecule has 1 heterocycles. The fourth-order valence-corrected chi connectivity index (χ4v) is 3.06. The van der Waals surface area contributed by atoms with E-state index in [9.17, 15) is 4.79 Å². The molecular formula is C16H22ClNO2. The van der Waals surface area contributed by atoms with E-state index in [1.54, 1.807) is 7.11 Å². The summed E-state index contributed by atoms with van der Waals surface area (Å²) in [5.41, 5.74) is 1.01. The topological polar surface area (TPSA) is 29.5 Å². The van der Waals surface area contributed by atoms with Gasteiger partial charge in [-0.2, -0.15) is 0 Å². The molecular weight excluding hydrogens is 274 g/mol. The molecule has 0 bridgehead atoms. The minimum atomic E-state index is 0.206. The van der Waals surface area contributed by atoms with Crippen LogP contribution in [0.4, 0.5) is 0 Å². The number of piperidine rings is 1. The number of halogens is 1. The van der Waals surface area contributed by atoms with E-state index in [1.807, 2.05) is 29.2 Å². The molecule has 110 valence electrons. The summed E-state index contributed by atoms with van der Waals surface area (Å²) in [7, 11) is 1.64. The zero-order valence-corrected chi connectivity index (χ0v) is 12.7. The lowest BCUT2D eigenvalue weighted by molar-refractivity contribution is -0.132. The molecule has 1 aliphatic heterocycles. The predicted molar refractivity (Wildman–Crippen MR) is 81.3 cm³/mol. The maximum Gasteiger partial charge on any atom is 0.227 e. The van der Waals surface area contributed by atoms with E-state index in [2.05, 4.69) is 0 Å². The van der Waals surface area contributed by atoms with Gasteiger partial charge in [0.05, 0.1) is 13.5 Å². The minimum absolute atomic E-state index is 0.206. The molecule has 1 aromatic rings. The van der Waals surface area contributed by atoms with Gasteiger partial charge in [0.25, 0.3) is 0 Å². The van der Waals surface area contributed by atoms with Gasteiger partial charge in [-0.3, -0.25) is 4.79 Å². The van der Waals surface area contributed by atoms with Crippen LogP contribution in [0.3, 0.4) is 0 Å². The van der Waals surface area contributed by atoms with Gasteiger partial charge in [0, 0.05) is 19.0 Å². The molecule has 1 saturated heterocycles. The lowest BCUT2D eigenvalue weighted by Crippen LogP contribution is -2.40. The van der Waals surface area contributed by atoms with Gasteiger partial charge in [-0.25, -0.2) is 0 Å². The van der Waals surface area contributed by atoms with E-state index in [0.717, 1.165) is 37.2 Å². The van der Waals surface area contributed by atoms with E-state index in [4.69, 9.17) is 16.3 Å². The first-order chi connectivity index (χ1) is 9.72. The van der Waals surface area contributed by atoms with Crippen molar-refractivity contribution in [1.29, 1.82) is 0 Å². The fourth-order valence-electron chi connectivity index (χ4n) is 2.75. The van der Waals surface area contributed by atoms with Crippen LogP contribution in [0, 0.1) is 5.92 Å². The third kappa shape index (κ3) is 4.14. The van der Waals surface area contributed by atoms with Crippen LogP contribution in [0.5, 0.6) is 5.75 Å². The molecule has 1 aliphatic rings. The SMILES string of the molecule is COc1cccc(CC(=O)N2CCCC(CCCl)C2)c1. The van der Waals surface area contributed by atoms with Crippen molar-refractivity contribution < 1.29 is 9.53 Å². The van der Waals surface area contributed by atoms with Gasteiger partial charge in [0.15, 0.2) is 0 Å². The number of ether oxygens (including phenoxy) is 1. The van der Waals surface area contributed by atoms with E-state index in [0.29, 0.717) is 18.2 Å².